The maximum atomic E-state index is 13.4. The Labute approximate surface area is 275 Å². The largest absolute Gasteiger partial charge is 0.469 e. The zero-order valence-corrected chi connectivity index (χ0v) is 28.2. The molecule has 5 heterocycles. The molecule has 8 bridgehead atoms. The first kappa shape index (κ1) is 33.4. The summed E-state index contributed by atoms with van der Waals surface area (Å²) in [5, 5.41) is 0. The third-order valence-electron chi connectivity index (χ3n) is 9.40. The number of ether oxygens (including phenoxy) is 3. The molecule has 0 fully saturated rings. The molecule has 5 aliphatic rings. The van der Waals surface area contributed by atoms with Crippen LogP contribution < -0.4 is 0 Å². The predicted octanol–water partition coefficient (Wildman–Crippen LogP) is 6.21. The Morgan fingerprint density at radius 1 is 0.809 bits per heavy atom. The van der Waals surface area contributed by atoms with Gasteiger partial charge in [0.1, 0.15) is 0 Å². The van der Waals surface area contributed by atoms with E-state index in [1.165, 1.54) is 21.3 Å². The van der Waals surface area contributed by atoms with Crippen molar-refractivity contribution in [3.05, 3.63) is 92.7 Å². The highest BCUT2D eigenvalue weighted by Crippen LogP contribution is 2.42. The lowest BCUT2D eigenvalue weighted by atomic mass is 9.83. The van der Waals surface area contributed by atoms with Gasteiger partial charge in [-0.2, -0.15) is 0 Å². The first-order chi connectivity index (χ1) is 22.5. The van der Waals surface area contributed by atoms with E-state index in [1.54, 1.807) is 13.0 Å². The van der Waals surface area contributed by atoms with Crippen LogP contribution in [-0.4, -0.2) is 62.1 Å². The predicted molar refractivity (Wildman–Crippen MR) is 182 cm³/mol. The smallest absolute Gasteiger partial charge is 0.340 e. The van der Waals surface area contributed by atoms with Crippen molar-refractivity contribution in [2.45, 2.75) is 60.3 Å². The van der Waals surface area contributed by atoms with Crippen molar-refractivity contribution in [1.29, 1.82) is 0 Å². The van der Waals surface area contributed by atoms with E-state index in [-0.39, 0.29) is 36.2 Å². The molecule has 10 heteroatoms. The van der Waals surface area contributed by atoms with Crippen molar-refractivity contribution < 1.29 is 28.6 Å². The number of carbonyl (C=O) groups excluding carboxylic acids is 3. The van der Waals surface area contributed by atoms with Crippen LogP contribution in [0, 0.1) is 11.8 Å². The number of hydrogen-bond acceptors (Lipinski definition) is 10. The van der Waals surface area contributed by atoms with Crippen molar-refractivity contribution >= 4 is 40.8 Å². The first-order valence-electron chi connectivity index (χ1n) is 15.7. The molecule has 0 aliphatic carbocycles. The molecule has 0 amide bonds. The minimum atomic E-state index is -0.587. The summed E-state index contributed by atoms with van der Waals surface area (Å²) in [6, 6.07) is 0. The molecule has 0 N–H and O–H groups in total. The Kier molecular flexibility index (Phi) is 9.51. The summed E-state index contributed by atoms with van der Waals surface area (Å²) in [6.45, 7) is 14.0. The topological polar surface area (TPSA) is 128 Å². The Morgan fingerprint density at radius 2 is 1.45 bits per heavy atom. The number of nitrogens with zero attached hydrogens (tertiary/aromatic N) is 4. The molecule has 0 spiro atoms. The van der Waals surface area contributed by atoms with E-state index in [4.69, 9.17) is 34.2 Å². The van der Waals surface area contributed by atoms with Gasteiger partial charge in [0, 0.05) is 35.1 Å². The van der Waals surface area contributed by atoms with Gasteiger partial charge in [0.2, 0.25) is 0 Å². The molecule has 5 rings (SSSR count). The lowest BCUT2D eigenvalue weighted by molar-refractivity contribution is -0.141. The molecular formula is C37H40N4O6. The fourth-order valence-corrected chi connectivity index (χ4v) is 6.62. The first-order valence-corrected chi connectivity index (χ1v) is 15.7. The number of allylic oxidation sites excluding steroid dienone is 10. The third-order valence-corrected chi connectivity index (χ3v) is 9.40. The molecule has 0 saturated heterocycles. The summed E-state index contributed by atoms with van der Waals surface area (Å²) >= 11 is 0. The number of fused-ring (bicyclic) bond motifs is 4. The van der Waals surface area contributed by atoms with Crippen LogP contribution in [0.1, 0.15) is 60.3 Å². The number of aliphatic imine (C=N–C) groups is 4. The highest BCUT2D eigenvalue weighted by atomic mass is 16.5. The molecule has 0 aromatic heterocycles. The Morgan fingerprint density at radius 3 is 2.09 bits per heavy atom. The lowest BCUT2D eigenvalue weighted by Gasteiger charge is -2.20. The van der Waals surface area contributed by atoms with Crippen molar-refractivity contribution in [2.75, 3.05) is 21.3 Å². The molecule has 244 valence electrons. The summed E-state index contributed by atoms with van der Waals surface area (Å²) < 4.78 is 15.3. The van der Waals surface area contributed by atoms with Gasteiger partial charge in [-0.05, 0) is 74.1 Å². The van der Waals surface area contributed by atoms with E-state index < -0.39 is 11.9 Å². The van der Waals surface area contributed by atoms with E-state index >= 15 is 0 Å². The van der Waals surface area contributed by atoms with Crippen molar-refractivity contribution in [1.82, 2.24) is 0 Å². The summed E-state index contributed by atoms with van der Waals surface area (Å²) in [7, 11) is 3.97. The molecule has 10 nitrogen and oxygen atoms in total. The zero-order valence-electron chi connectivity index (χ0n) is 28.2. The summed E-state index contributed by atoms with van der Waals surface area (Å²) in [5.41, 5.74) is 10.3. The Hall–Kier alpha value is -4.99. The van der Waals surface area contributed by atoms with Crippen LogP contribution in [0.25, 0.3) is 0 Å². The van der Waals surface area contributed by atoms with Crippen LogP contribution >= 0.6 is 0 Å². The Balaban J connectivity index is 1.88. The number of rotatable bonds is 8. The second kappa shape index (κ2) is 13.4. The molecule has 5 aliphatic heterocycles. The van der Waals surface area contributed by atoms with Crippen molar-refractivity contribution in [3.63, 3.8) is 0 Å². The van der Waals surface area contributed by atoms with Gasteiger partial charge in [0.25, 0.3) is 0 Å². The summed E-state index contributed by atoms with van der Waals surface area (Å²) in [5.74, 6) is -1.95. The number of hydrogen-bond donors (Lipinski definition) is 0. The van der Waals surface area contributed by atoms with Gasteiger partial charge in [0.05, 0.1) is 73.2 Å². The second-order valence-electron chi connectivity index (χ2n) is 11.9. The van der Waals surface area contributed by atoms with Crippen LogP contribution in [0.5, 0.6) is 0 Å². The molecular weight excluding hydrogens is 596 g/mol. The van der Waals surface area contributed by atoms with Crippen LogP contribution in [0.2, 0.25) is 0 Å². The maximum absolute atomic E-state index is 13.4. The van der Waals surface area contributed by atoms with Gasteiger partial charge >= 0.3 is 17.9 Å². The summed E-state index contributed by atoms with van der Waals surface area (Å²) in [6.07, 6.45) is 8.66. The van der Waals surface area contributed by atoms with Gasteiger partial charge in [-0.1, -0.05) is 26.5 Å². The maximum Gasteiger partial charge on any atom is 0.340 e. The Bertz CT molecular complexity index is 1850. The molecule has 2 atom stereocenters. The van der Waals surface area contributed by atoms with Crippen LogP contribution in [0.15, 0.2) is 113 Å². The minimum absolute atomic E-state index is 0.136. The van der Waals surface area contributed by atoms with Crippen molar-refractivity contribution in [3.8, 4) is 0 Å². The van der Waals surface area contributed by atoms with Crippen LogP contribution in [-0.2, 0) is 28.6 Å². The van der Waals surface area contributed by atoms with Crippen LogP contribution in [0.3, 0.4) is 0 Å². The van der Waals surface area contributed by atoms with E-state index in [0.29, 0.717) is 34.7 Å². The molecule has 0 unspecified atom stereocenters. The van der Waals surface area contributed by atoms with Gasteiger partial charge in [-0.3, -0.25) is 14.6 Å². The van der Waals surface area contributed by atoms with E-state index in [1.807, 2.05) is 39.0 Å². The molecule has 0 aromatic carbocycles. The molecule has 0 aromatic rings. The normalized spacial score (nSPS) is 22.0. The molecule has 0 radical (unpaired) electrons. The van der Waals surface area contributed by atoms with E-state index in [0.717, 1.165) is 57.2 Å². The monoisotopic (exact) mass is 636 g/mol. The highest BCUT2D eigenvalue weighted by molar-refractivity contribution is 6.31. The SMILES string of the molecule is C=CC1=C(C)C2=CC3=NC(=C(CC(=O)OC)C4=NC(=CC5=NC(=CC1=N2)C(C)=C5CC)C(C)=C4C(=O)OC)[C@@H](CCC(=O)OC)[C@@H]3C. The average Bonchev–Trinajstić information content (AvgIpc) is 3.74. The quantitative estimate of drug-likeness (QED) is 0.230. The average molecular weight is 637 g/mol. The highest BCUT2D eigenvalue weighted by Gasteiger charge is 2.39. The number of methoxy groups -OCH3 is 3. The summed E-state index contributed by atoms with van der Waals surface area (Å²) in [4.78, 5) is 58.9. The zero-order chi connectivity index (χ0) is 34.2. The lowest BCUT2D eigenvalue weighted by Crippen LogP contribution is -2.22. The van der Waals surface area contributed by atoms with Gasteiger partial charge in [-0.25, -0.2) is 19.8 Å². The van der Waals surface area contributed by atoms with Gasteiger partial charge < -0.3 is 14.2 Å². The van der Waals surface area contributed by atoms with E-state index in [2.05, 4.69) is 13.5 Å². The fourth-order valence-electron chi connectivity index (χ4n) is 6.62. The van der Waals surface area contributed by atoms with Crippen molar-refractivity contribution in [2.24, 2.45) is 31.8 Å². The second-order valence-corrected chi connectivity index (χ2v) is 11.9. The third kappa shape index (κ3) is 6.00. The minimum Gasteiger partial charge on any atom is -0.469 e. The standard InChI is InChI=1S/C37H40N4O6/c1-10-22-18(3)26-15-28-20(5)24(12-13-32(42)45-7)35(40-28)25(14-33(43)46-8)36-34(37(44)47-9)21(6)29(41-36)17-31-23(11-2)19(4)27(39-31)16-30(22)38-26/h10,15-17,20,24H,1,11-14H2,2-9H3/t20-,24-/m0/s1. The molecule has 0 saturated carbocycles. The van der Waals surface area contributed by atoms with E-state index in [9.17, 15) is 14.4 Å². The van der Waals surface area contributed by atoms with Gasteiger partial charge in [0.15, 0.2) is 0 Å². The fraction of sp³-hybridized carbons (Fsp3) is 0.378. The van der Waals surface area contributed by atoms with Crippen LogP contribution in [0.4, 0.5) is 0 Å². The number of carbonyl (C=O) groups is 3. The molecule has 47 heavy (non-hydrogen) atoms. The van der Waals surface area contributed by atoms with Gasteiger partial charge in [-0.15, -0.1) is 0 Å². The number of esters is 3.